The van der Waals surface area contributed by atoms with Crippen molar-refractivity contribution in [2.75, 3.05) is 13.2 Å². The first-order valence-corrected chi connectivity index (χ1v) is 10.0. The molecule has 0 N–H and O–H groups in total. The Labute approximate surface area is 161 Å². The number of carbonyl (C=O) groups is 2. The Kier molecular flexibility index (Phi) is 5.85. The molecule has 0 atom stereocenters. The van der Waals surface area contributed by atoms with Gasteiger partial charge in [0.25, 0.3) is 0 Å². The maximum absolute atomic E-state index is 13.4. The predicted molar refractivity (Wildman–Crippen MR) is 105 cm³/mol. The molecule has 4 nitrogen and oxygen atoms in total. The highest BCUT2D eigenvalue weighted by Gasteiger charge is 2.43. The maximum Gasteiger partial charge on any atom is 0.307 e. The van der Waals surface area contributed by atoms with Crippen molar-refractivity contribution in [3.8, 4) is 0 Å². The molecule has 1 saturated heterocycles. The monoisotopic (exact) mass is 370 g/mol. The summed E-state index contributed by atoms with van der Waals surface area (Å²) in [5.41, 5.74) is 5.01. The Morgan fingerprint density at radius 1 is 1.11 bits per heavy atom. The molecule has 4 heteroatoms. The molecule has 0 bridgehead atoms. The molecular formula is C23H30O4. The van der Waals surface area contributed by atoms with E-state index in [1.54, 1.807) is 0 Å². The zero-order valence-corrected chi connectivity index (χ0v) is 16.9. The Hall–Kier alpha value is -1.94. The number of carbonyl (C=O) groups excluding carboxylic acids is 2. The number of benzene rings is 1. The van der Waals surface area contributed by atoms with E-state index in [0.29, 0.717) is 37.4 Å². The number of aryl methyl sites for hydroxylation is 3. The van der Waals surface area contributed by atoms with Gasteiger partial charge in [-0.1, -0.05) is 31.5 Å². The summed E-state index contributed by atoms with van der Waals surface area (Å²) in [4.78, 5) is 25.2. The number of hydrogen-bond donors (Lipinski definition) is 0. The molecule has 1 aromatic carbocycles. The van der Waals surface area contributed by atoms with E-state index in [4.69, 9.17) is 9.47 Å². The highest BCUT2D eigenvalue weighted by Crippen LogP contribution is 2.48. The van der Waals surface area contributed by atoms with Gasteiger partial charge in [-0.05, 0) is 54.7 Å². The van der Waals surface area contributed by atoms with E-state index in [1.165, 1.54) is 12.5 Å². The van der Waals surface area contributed by atoms with Crippen molar-refractivity contribution in [1.82, 2.24) is 0 Å². The van der Waals surface area contributed by atoms with Crippen LogP contribution in [0.1, 0.15) is 68.7 Å². The summed E-state index contributed by atoms with van der Waals surface area (Å²) in [6.45, 7) is 9.05. The lowest BCUT2D eigenvalue weighted by Crippen LogP contribution is -2.37. The summed E-state index contributed by atoms with van der Waals surface area (Å²) in [6, 6.07) is 4.30. The van der Waals surface area contributed by atoms with Crippen molar-refractivity contribution >= 4 is 17.3 Å². The highest BCUT2D eigenvalue weighted by molar-refractivity contribution is 6.23. The third kappa shape index (κ3) is 4.01. The van der Waals surface area contributed by atoms with Gasteiger partial charge in [0, 0.05) is 33.0 Å². The van der Waals surface area contributed by atoms with Crippen LogP contribution in [0.25, 0.3) is 5.57 Å². The number of ether oxygens (including phenoxy) is 2. The minimum absolute atomic E-state index is 0.104. The number of hydrogen-bond acceptors (Lipinski definition) is 4. The van der Waals surface area contributed by atoms with Gasteiger partial charge in [-0.2, -0.15) is 0 Å². The first-order valence-electron chi connectivity index (χ1n) is 10.0. The lowest BCUT2D eigenvalue weighted by atomic mass is 9.67. The molecular weight excluding hydrogens is 340 g/mol. The highest BCUT2D eigenvalue weighted by atomic mass is 16.5. The molecule has 27 heavy (non-hydrogen) atoms. The fourth-order valence-corrected chi connectivity index (χ4v) is 4.59. The fraction of sp³-hybridized carbons (Fsp3) is 0.565. The molecule has 0 radical (unpaired) electrons. The van der Waals surface area contributed by atoms with E-state index >= 15 is 0 Å². The topological polar surface area (TPSA) is 52.6 Å². The van der Waals surface area contributed by atoms with E-state index in [1.807, 2.05) is 0 Å². The first-order chi connectivity index (χ1) is 12.9. The van der Waals surface area contributed by atoms with Crippen LogP contribution in [0.15, 0.2) is 17.9 Å². The third-order valence-corrected chi connectivity index (χ3v) is 5.91. The van der Waals surface area contributed by atoms with E-state index in [2.05, 4.69) is 32.9 Å². The van der Waals surface area contributed by atoms with Crippen LogP contribution < -0.4 is 0 Å². The van der Waals surface area contributed by atoms with Gasteiger partial charge in [-0.3, -0.25) is 9.59 Å². The number of rotatable bonds is 4. The molecule has 0 unspecified atom stereocenters. The smallest absolute Gasteiger partial charge is 0.307 e. The molecule has 146 valence electrons. The van der Waals surface area contributed by atoms with Crippen LogP contribution >= 0.6 is 0 Å². The van der Waals surface area contributed by atoms with Gasteiger partial charge in [0.2, 0.25) is 0 Å². The summed E-state index contributed by atoms with van der Waals surface area (Å²) < 4.78 is 11.2. The minimum Gasteiger partial charge on any atom is -0.430 e. The third-order valence-electron chi connectivity index (χ3n) is 5.91. The molecule has 1 aliphatic carbocycles. The standard InChI is InChI=1S/C23H30O4/c1-5-17-11-15(3)12-18(6-2)21(17)22-19(25)13-23(7-9-26-10-8-23)14-20(22)27-16(4)24/h11-12H,5-10,13-14H2,1-4H3. The maximum atomic E-state index is 13.4. The molecule has 1 aromatic rings. The van der Waals surface area contributed by atoms with Crippen LogP contribution in [-0.4, -0.2) is 25.0 Å². The second-order valence-corrected chi connectivity index (χ2v) is 7.95. The number of ketones is 1. The Morgan fingerprint density at radius 2 is 1.70 bits per heavy atom. The van der Waals surface area contributed by atoms with Crippen LogP contribution in [0.3, 0.4) is 0 Å². The number of esters is 1. The van der Waals surface area contributed by atoms with Gasteiger partial charge in [-0.25, -0.2) is 0 Å². The zero-order chi connectivity index (χ0) is 19.6. The molecule has 1 heterocycles. The van der Waals surface area contributed by atoms with Crippen LogP contribution in [0, 0.1) is 12.3 Å². The van der Waals surface area contributed by atoms with Crippen molar-refractivity contribution in [3.63, 3.8) is 0 Å². The van der Waals surface area contributed by atoms with E-state index in [0.717, 1.165) is 42.4 Å². The summed E-state index contributed by atoms with van der Waals surface area (Å²) in [5, 5.41) is 0. The first kappa shape index (κ1) is 19.8. The molecule has 1 spiro atoms. The Bertz CT molecular complexity index is 757. The number of Topliss-reactive ketones (excluding diaryl/α,β-unsaturated/α-hetero) is 1. The van der Waals surface area contributed by atoms with E-state index in [-0.39, 0.29) is 17.2 Å². The number of allylic oxidation sites excluding steroid dienone is 2. The summed E-state index contributed by atoms with van der Waals surface area (Å²) in [7, 11) is 0. The van der Waals surface area contributed by atoms with Gasteiger partial charge >= 0.3 is 5.97 Å². The van der Waals surface area contributed by atoms with Crippen LogP contribution in [0.5, 0.6) is 0 Å². The lowest BCUT2D eigenvalue weighted by Gasteiger charge is -2.40. The average Bonchev–Trinajstić information content (AvgIpc) is 2.61. The van der Waals surface area contributed by atoms with Crippen molar-refractivity contribution in [2.45, 2.75) is 66.2 Å². The van der Waals surface area contributed by atoms with E-state index in [9.17, 15) is 9.59 Å². The van der Waals surface area contributed by atoms with Gasteiger partial charge in [-0.15, -0.1) is 0 Å². The second-order valence-electron chi connectivity index (χ2n) is 7.95. The Morgan fingerprint density at radius 3 is 2.22 bits per heavy atom. The second kappa shape index (κ2) is 7.97. The van der Waals surface area contributed by atoms with Gasteiger partial charge in [0.15, 0.2) is 5.78 Å². The Balaban J connectivity index is 2.18. The zero-order valence-electron chi connectivity index (χ0n) is 16.9. The largest absolute Gasteiger partial charge is 0.430 e. The van der Waals surface area contributed by atoms with Gasteiger partial charge < -0.3 is 9.47 Å². The summed E-state index contributed by atoms with van der Waals surface area (Å²) in [6.07, 6.45) is 4.51. The molecule has 1 aliphatic heterocycles. The molecule has 0 aromatic heterocycles. The lowest BCUT2D eigenvalue weighted by molar-refractivity contribution is -0.138. The van der Waals surface area contributed by atoms with Crippen molar-refractivity contribution in [3.05, 3.63) is 40.1 Å². The quantitative estimate of drug-likeness (QED) is 0.730. The summed E-state index contributed by atoms with van der Waals surface area (Å²) >= 11 is 0. The van der Waals surface area contributed by atoms with Crippen molar-refractivity contribution in [2.24, 2.45) is 5.41 Å². The molecule has 2 aliphatic rings. The predicted octanol–water partition coefficient (Wildman–Crippen LogP) is 4.55. The van der Waals surface area contributed by atoms with Crippen LogP contribution in [-0.2, 0) is 31.9 Å². The van der Waals surface area contributed by atoms with Crippen LogP contribution in [0.2, 0.25) is 0 Å². The summed E-state index contributed by atoms with van der Waals surface area (Å²) in [5.74, 6) is 0.309. The average molecular weight is 370 g/mol. The van der Waals surface area contributed by atoms with Gasteiger partial charge in [0.05, 0.1) is 5.57 Å². The van der Waals surface area contributed by atoms with Crippen LogP contribution in [0.4, 0.5) is 0 Å². The normalized spacial score (nSPS) is 19.5. The molecule has 3 rings (SSSR count). The van der Waals surface area contributed by atoms with Crippen molar-refractivity contribution in [1.29, 1.82) is 0 Å². The van der Waals surface area contributed by atoms with Gasteiger partial charge in [0.1, 0.15) is 5.76 Å². The van der Waals surface area contributed by atoms with Crippen molar-refractivity contribution < 1.29 is 19.1 Å². The molecule has 0 amide bonds. The SMILES string of the molecule is CCc1cc(C)cc(CC)c1C1=C(OC(C)=O)CC2(CCOCC2)CC1=O. The molecule has 1 fully saturated rings. The van der Waals surface area contributed by atoms with E-state index < -0.39 is 0 Å². The minimum atomic E-state index is -0.359. The fourth-order valence-electron chi connectivity index (χ4n) is 4.59. The molecule has 0 saturated carbocycles.